The van der Waals surface area contributed by atoms with Gasteiger partial charge >= 0.3 is 0 Å². The third-order valence-corrected chi connectivity index (χ3v) is 3.11. The molecule has 0 aromatic carbocycles. The highest BCUT2D eigenvalue weighted by molar-refractivity contribution is 5.81. The second kappa shape index (κ2) is 7.10. The standard InChI is InChI=1S/C14H30N2O2/c1-8-13(4,5)16-12(17)11(3)15-10-14(6,7)18-9-2/h11,15H,8-10H2,1-7H3,(H,16,17). The second-order valence-corrected chi connectivity index (χ2v) is 6.02. The molecule has 2 N–H and O–H groups in total. The SMILES string of the molecule is CCOC(C)(C)CNC(C)C(=O)NC(C)(C)CC. The first-order chi connectivity index (χ1) is 8.13. The topological polar surface area (TPSA) is 50.4 Å². The third kappa shape index (κ3) is 6.97. The van der Waals surface area contributed by atoms with E-state index < -0.39 is 0 Å². The predicted octanol–water partition coefficient (Wildman–Crippen LogP) is 2.08. The van der Waals surface area contributed by atoms with Gasteiger partial charge in [-0.25, -0.2) is 0 Å². The van der Waals surface area contributed by atoms with Crippen LogP contribution in [0.5, 0.6) is 0 Å². The van der Waals surface area contributed by atoms with Crippen LogP contribution < -0.4 is 10.6 Å². The molecule has 0 fully saturated rings. The van der Waals surface area contributed by atoms with E-state index >= 15 is 0 Å². The van der Waals surface area contributed by atoms with Gasteiger partial charge in [0, 0.05) is 18.7 Å². The summed E-state index contributed by atoms with van der Waals surface area (Å²) in [7, 11) is 0. The Morgan fingerprint density at radius 3 is 2.22 bits per heavy atom. The molecule has 108 valence electrons. The zero-order valence-corrected chi connectivity index (χ0v) is 13.0. The van der Waals surface area contributed by atoms with E-state index in [1.807, 2.05) is 41.5 Å². The van der Waals surface area contributed by atoms with Crippen molar-refractivity contribution < 1.29 is 9.53 Å². The van der Waals surface area contributed by atoms with Crippen LogP contribution >= 0.6 is 0 Å². The Bertz CT molecular complexity index is 263. The molecule has 0 rings (SSSR count). The normalized spacial score (nSPS) is 14.4. The minimum atomic E-state index is -0.246. The van der Waals surface area contributed by atoms with Crippen molar-refractivity contribution in [2.75, 3.05) is 13.2 Å². The quantitative estimate of drug-likeness (QED) is 0.701. The molecule has 1 atom stereocenters. The van der Waals surface area contributed by atoms with Gasteiger partial charge < -0.3 is 15.4 Å². The molecule has 0 aliphatic carbocycles. The molecule has 1 unspecified atom stereocenters. The van der Waals surface area contributed by atoms with E-state index in [0.29, 0.717) is 13.2 Å². The maximum Gasteiger partial charge on any atom is 0.237 e. The Balaban J connectivity index is 4.17. The lowest BCUT2D eigenvalue weighted by atomic mass is 10.0. The Labute approximate surface area is 112 Å². The van der Waals surface area contributed by atoms with Crippen molar-refractivity contribution in [2.24, 2.45) is 0 Å². The van der Waals surface area contributed by atoms with Gasteiger partial charge in [0.05, 0.1) is 11.6 Å². The molecular formula is C14H30N2O2. The molecule has 0 saturated heterocycles. The van der Waals surface area contributed by atoms with E-state index in [0.717, 1.165) is 6.42 Å². The summed E-state index contributed by atoms with van der Waals surface area (Å²) in [6, 6.07) is -0.212. The average Bonchev–Trinajstić information content (AvgIpc) is 2.25. The Morgan fingerprint density at radius 2 is 1.78 bits per heavy atom. The molecule has 18 heavy (non-hydrogen) atoms. The van der Waals surface area contributed by atoms with Crippen LogP contribution in [0.1, 0.15) is 54.9 Å². The summed E-state index contributed by atoms with van der Waals surface area (Å²) in [5.41, 5.74) is -0.397. The summed E-state index contributed by atoms with van der Waals surface area (Å²) in [6.45, 7) is 15.3. The Kier molecular flexibility index (Phi) is 6.86. The van der Waals surface area contributed by atoms with Crippen molar-refractivity contribution in [1.29, 1.82) is 0 Å². The maximum absolute atomic E-state index is 12.0. The molecule has 0 bridgehead atoms. The first-order valence-corrected chi connectivity index (χ1v) is 6.83. The van der Waals surface area contributed by atoms with Crippen LogP contribution in [-0.4, -0.2) is 36.2 Å². The van der Waals surface area contributed by atoms with Crippen LogP contribution in [0.15, 0.2) is 0 Å². The van der Waals surface area contributed by atoms with Crippen LogP contribution in [0.3, 0.4) is 0 Å². The Hall–Kier alpha value is -0.610. The van der Waals surface area contributed by atoms with Crippen LogP contribution in [0, 0.1) is 0 Å². The lowest BCUT2D eigenvalue weighted by Crippen LogP contribution is -2.53. The average molecular weight is 258 g/mol. The predicted molar refractivity (Wildman–Crippen MR) is 75.7 cm³/mol. The van der Waals surface area contributed by atoms with Gasteiger partial charge in [-0.2, -0.15) is 0 Å². The minimum Gasteiger partial charge on any atom is -0.375 e. The van der Waals surface area contributed by atoms with Gasteiger partial charge in [-0.3, -0.25) is 4.79 Å². The number of carbonyl (C=O) groups is 1. The minimum absolute atomic E-state index is 0.0362. The molecule has 0 aromatic heterocycles. The van der Waals surface area contributed by atoms with Gasteiger partial charge in [-0.05, 0) is 48.0 Å². The fourth-order valence-corrected chi connectivity index (χ4v) is 1.46. The van der Waals surface area contributed by atoms with Crippen LogP contribution in [-0.2, 0) is 9.53 Å². The summed E-state index contributed by atoms with van der Waals surface area (Å²) in [4.78, 5) is 12.0. The molecule has 1 amide bonds. The molecule has 0 saturated carbocycles. The summed E-state index contributed by atoms with van der Waals surface area (Å²) in [5, 5.41) is 6.25. The molecule has 0 spiro atoms. The van der Waals surface area contributed by atoms with Gasteiger partial charge in [-0.15, -0.1) is 0 Å². The number of nitrogens with one attached hydrogen (secondary N) is 2. The largest absolute Gasteiger partial charge is 0.375 e. The molecule has 4 heteroatoms. The summed E-state index contributed by atoms with van der Waals surface area (Å²) in [6.07, 6.45) is 0.913. The fourth-order valence-electron chi connectivity index (χ4n) is 1.46. The number of carbonyl (C=O) groups excluding carboxylic acids is 1. The smallest absolute Gasteiger partial charge is 0.237 e. The van der Waals surface area contributed by atoms with E-state index in [1.54, 1.807) is 0 Å². The lowest BCUT2D eigenvalue weighted by Gasteiger charge is -2.29. The van der Waals surface area contributed by atoms with Crippen LogP contribution in [0.4, 0.5) is 0 Å². The number of hydrogen-bond acceptors (Lipinski definition) is 3. The van der Waals surface area contributed by atoms with Crippen LogP contribution in [0.25, 0.3) is 0 Å². The highest BCUT2D eigenvalue weighted by Crippen LogP contribution is 2.09. The molecule has 4 nitrogen and oxygen atoms in total. The first kappa shape index (κ1) is 17.4. The monoisotopic (exact) mass is 258 g/mol. The van der Waals surface area contributed by atoms with E-state index in [9.17, 15) is 4.79 Å². The third-order valence-electron chi connectivity index (χ3n) is 3.11. The Morgan fingerprint density at radius 1 is 1.22 bits per heavy atom. The van der Waals surface area contributed by atoms with Crippen LogP contribution in [0.2, 0.25) is 0 Å². The van der Waals surface area contributed by atoms with Gasteiger partial charge in [-0.1, -0.05) is 6.92 Å². The summed E-state index contributed by atoms with van der Waals surface area (Å²) >= 11 is 0. The highest BCUT2D eigenvalue weighted by atomic mass is 16.5. The van der Waals surface area contributed by atoms with Crippen molar-refractivity contribution in [2.45, 2.75) is 72.1 Å². The van der Waals surface area contributed by atoms with Gasteiger partial charge in [0.1, 0.15) is 0 Å². The molecule has 0 aromatic rings. The van der Waals surface area contributed by atoms with Gasteiger partial charge in [0.25, 0.3) is 0 Å². The lowest BCUT2D eigenvalue weighted by molar-refractivity contribution is -0.124. The maximum atomic E-state index is 12.0. The zero-order valence-electron chi connectivity index (χ0n) is 13.0. The fraction of sp³-hybridized carbons (Fsp3) is 0.929. The highest BCUT2D eigenvalue weighted by Gasteiger charge is 2.24. The molecule has 0 aliphatic rings. The molecule has 0 aliphatic heterocycles. The first-order valence-electron chi connectivity index (χ1n) is 6.83. The van der Waals surface area contributed by atoms with Crippen molar-refractivity contribution in [3.63, 3.8) is 0 Å². The molecule has 0 heterocycles. The summed E-state index contributed by atoms with van der Waals surface area (Å²) in [5.74, 6) is 0.0362. The zero-order chi connectivity index (χ0) is 14.4. The van der Waals surface area contributed by atoms with E-state index in [4.69, 9.17) is 4.74 Å². The molecular weight excluding hydrogens is 228 g/mol. The van der Waals surface area contributed by atoms with E-state index in [2.05, 4.69) is 17.6 Å². The number of amides is 1. The van der Waals surface area contributed by atoms with Crippen molar-refractivity contribution >= 4 is 5.91 Å². The van der Waals surface area contributed by atoms with Crippen molar-refractivity contribution in [3.05, 3.63) is 0 Å². The van der Waals surface area contributed by atoms with Crippen molar-refractivity contribution in [3.8, 4) is 0 Å². The van der Waals surface area contributed by atoms with E-state index in [-0.39, 0.29) is 23.1 Å². The number of hydrogen-bond donors (Lipinski definition) is 2. The number of rotatable bonds is 8. The van der Waals surface area contributed by atoms with Crippen molar-refractivity contribution in [1.82, 2.24) is 10.6 Å². The van der Waals surface area contributed by atoms with Gasteiger partial charge in [0.15, 0.2) is 0 Å². The second-order valence-electron chi connectivity index (χ2n) is 6.02. The number of ether oxygens (including phenoxy) is 1. The summed E-state index contributed by atoms with van der Waals surface area (Å²) < 4.78 is 5.59. The van der Waals surface area contributed by atoms with Gasteiger partial charge in [0.2, 0.25) is 5.91 Å². The molecule has 0 radical (unpaired) electrons. The van der Waals surface area contributed by atoms with E-state index in [1.165, 1.54) is 0 Å².